The van der Waals surface area contributed by atoms with E-state index in [1.54, 1.807) is 0 Å². The van der Waals surface area contributed by atoms with Crippen LogP contribution in [0.1, 0.15) is 351 Å². The summed E-state index contributed by atoms with van der Waals surface area (Å²) in [5.41, 5.74) is 0. The second kappa shape index (κ2) is 60.7. The maximum Gasteiger partial charge on any atom is 0.472 e. The zero-order valence-corrected chi connectivity index (χ0v) is 60.6. The Morgan fingerprint density at radius 1 is 0.311 bits per heavy atom. The van der Waals surface area contributed by atoms with Gasteiger partial charge in [0.2, 0.25) is 0 Å². The molecular formula is C71H138O17P2. The Balaban J connectivity index is 5.15. The fraction of sp³-hybridized carbons (Fsp3) is 0.944. The van der Waals surface area contributed by atoms with Crippen LogP contribution in [-0.2, 0) is 65.4 Å². The quantitative estimate of drug-likeness (QED) is 0.0222. The maximum atomic E-state index is 13.0. The minimum absolute atomic E-state index is 0.101. The molecule has 0 amide bonds. The molecule has 3 N–H and O–H groups in total. The van der Waals surface area contributed by atoms with Crippen molar-refractivity contribution in [2.75, 3.05) is 39.6 Å². The standard InChI is InChI=1S/C71H138O17P2/c1-9-64(8)50-42-34-28-30-36-44-52-69(74)82-58-67(88-71(76)54-46-38-29-27-33-41-49-63(6)7)60-86-90(79,80)84-56-65(72)55-83-89(77,78)85-59-66(57-81-68(73)51-43-35-26-22-24-32-40-48-62(4)5)87-70(75)53-45-37-25-21-19-17-15-13-11-10-12-14-16-18-20-23-31-39-47-61(2)3/h61-67,72H,9-60H2,1-8H3,(H,77,78)(H,79,80)/t64?,65-,66-,67-/m1/s1. The van der Waals surface area contributed by atoms with Crippen LogP contribution < -0.4 is 0 Å². The number of hydrogen-bond acceptors (Lipinski definition) is 15. The second-order valence-electron chi connectivity index (χ2n) is 27.3. The Morgan fingerprint density at radius 3 is 0.789 bits per heavy atom. The molecule has 0 aliphatic rings. The number of esters is 4. The van der Waals surface area contributed by atoms with Crippen molar-refractivity contribution in [2.24, 2.45) is 23.7 Å². The third-order valence-electron chi connectivity index (χ3n) is 16.7. The molecule has 0 fully saturated rings. The van der Waals surface area contributed by atoms with Gasteiger partial charge in [0.1, 0.15) is 19.3 Å². The second-order valence-corrected chi connectivity index (χ2v) is 30.2. The number of aliphatic hydroxyl groups is 1. The van der Waals surface area contributed by atoms with Gasteiger partial charge in [0, 0.05) is 25.7 Å². The van der Waals surface area contributed by atoms with E-state index in [1.807, 2.05) is 0 Å². The van der Waals surface area contributed by atoms with Crippen LogP contribution in [0, 0.1) is 23.7 Å². The van der Waals surface area contributed by atoms with Crippen molar-refractivity contribution >= 4 is 39.5 Å². The van der Waals surface area contributed by atoms with Gasteiger partial charge in [-0.05, 0) is 49.4 Å². The zero-order valence-electron chi connectivity index (χ0n) is 58.8. The van der Waals surface area contributed by atoms with Crippen molar-refractivity contribution in [1.29, 1.82) is 0 Å². The van der Waals surface area contributed by atoms with Crippen LogP contribution in [0.2, 0.25) is 0 Å². The lowest BCUT2D eigenvalue weighted by Gasteiger charge is -2.21. The summed E-state index contributed by atoms with van der Waals surface area (Å²) in [6.07, 6.45) is 43.5. The van der Waals surface area contributed by atoms with Gasteiger partial charge in [0.15, 0.2) is 12.2 Å². The van der Waals surface area contributed by atoms with Gasteiger partial charge in [-0.2, -0.15) is 0 Å². The number of hydrogen-bond donors (Lipinski definition) is 3. The lowest BCUT2D eigenvalue weighted by Crippen LogP contribution is -2.30. The molecule has 0 rings (SSSR count). The first kappa shape index (κ1) is 88.1. The van der Waals surface area contributed by atoms with E-state index in [0.29, 0.717) is 37.5 Å². The summed E-state index contributed by atoms with van der Waals surface area (Å²) in [6.45, 7) is 14.0. The number of ether oxygens (including phenoxy) is 4. The molecule has 0 saturated carbocycles. The minimum Gasteiger partial charge on any atom is -0.462 e. The Hall–Kier alpha value is -1.94. The summed E-state index contributed by atoms with van der Waals surface area (Å²) in [7, 11) is -9.90. The molecule has 0 saturated heterocycles. The highest BCUT2D eigenvalue weighted by molar-refractivity contribution is 7.47. The van der Waals surface area contributed by atoms with Gasteiger partial charge >= 0.3 is 39.5 Å². The number of unbranched alkanes of at least 4 members (excludes halogenated alkanes) is 33. The fourth-order valence-corrected chi connectivity index (χ4v) is 12.2. The molecular weight excluding hydrogens is 1190 g/mol. The molecule has 0 aromatic heterocycles. The predicted octanol–water partition coefficient (Wildman–Crippen LogP) is 20.1. The van der Waals surface area contributed by atoms with E-state index in [2.05, 4.69) is 55.4 Å². The predicted molar refractivity (Wildman–Crippen MR) is 363 cm³/mol. The summed E-state index contributed by atoms with van der Waals surface area (Å²) < 4.78 is 68.2. The zero-order chi connectivity index (χ0) is 66.8. The molecule has 534 valence electrons. The third-order valence-corrected chi connectivity index (χ3v) is 18.6. The van der Waals surface area contributed by atoms with Gasteiger partial charge in [-0.25, -0.2) is 9.13 Å². The van der Waals surface area contributed by atoms with E-state index < -0.39 is 97.5 Å². The summed E-state index contributed by atoms with van der Waals surface area (Å²) >= 11 is 0. The van der Waals surface area contributed by atoms with Gasteiger partial charge in [-0.3, -0.25) is 37.3 Å². The molecule has 6 atom stereocenters. The molecule has 19 heteroatoms. The molecule has 0 bridgehead atoms. The Morgan fingerprint density at radius 2 is 0.533 bits per heavy atom. The number of phosphoric ester groups is 2. The molecule has 0 aromatic carbocycles. The summed E-state index contributed by atoms with van der Waals surface area (Å²) in [4.78, 5) is 72.4. The smallest absolute Gasteiger partial charge is 0.462 e. The third kappa shape index (κ3) is 63.5. The van der Waals surface area contributed by atoms with Gasteiger partial charge < -0.3 is 33.8 Å². The molecule has 0 heterocycles. The topological polar surface area (TPSA) is 237 Å². The van der Waals surface area contributed by atoms with E-state index in [1.165, 1.54) is 141 Å². The van der Waals surface area contributed by atoms with Crippen molar-refractivity contribution in [3.05, 3.63) is 0 Å². The van der Waals surface area contributed by atoms with Crippen molar-refractivity contribution in [1.82, 2.24) is 0 Å². The fourth-order valence-electron chi connectivity index (χ4n) is 10.6. The van der Waals surface area contributed by atoms with E-state index in [4.69, 9.17) is 37.0 Å². The van der Waals surface area contributed by atoms with Crippen molar-refractivity contribution in [3.63, 3.8) is 0 Å². The Bertz CT molecular complexity index is 1780. The average Bonchev–Trinajstić information content (AvgIpc) is 2.89. The molecule has 0 aromatic rings. The lowest BCUT2D eigenvalue weighted by atomic mass is 10.00. The lowest BCUT2D eigenvalue weighted by molar-refractivity contribution is -0.161. The van der Waals surface area contributed by atoms with E-state index in [9.17, 15) is 43.2 Å². The van der Waals surface area contributed by atoms with Gasteiger partial charge in [0.25, 0.3) is 0 Å². The molecule has 0 spiro atoms. The number of carbonyl (C=O) groups excluding carboxylic acids is 4. The monoisotopic (exact) mass is 1320 g/mol. The Kier molecular flexibility index (Phi) is 59.4. The van der Waals surface area contributed by atoms with E-state index in [0.717, 1.165) is 115 Å². The van der Waals surface area contributed by atoms with Crippen LogP contribution in [0.5, 0.6) is 0 Å². The molecule has 3 unspecified atom stereocenters. The van der Waals surface area contributed by atoms with Crippen LogP contribution in [0.4, 0.5) is 0 Å². The van der Waals surface area contributed by atoms with Crippen LogP contribution in [0.15, 0.2) is 0 Å². The van der Waals surface area contributed by atoms with Gasteiger partial charge in [0.05, 0.1) is 26.4 Å². The SMILES string of the molecule is CCC(C)CCCCCCCCC(=O)OC[C@H](COP(=O)(O)OC[C@H](O)COP(=O)(O)OC[C@@H](COC(=O)CCCCCCCCCC(C)C)OC(=O)CCCCCCCCCCCCCCCCCCCCC(C)C)OC(=O)CCCCCCCCC(C)C. The van der Waals surface area contributed by atoms with E-state index >= 15 is 0 Å². The average molecular weight is 1330 g/mol. The van der Waals surface area contributed by atoms with Crippen LogP contribution in [0.25, 0.3) is 0 Å². The molecule has 0 aliphatic heterocycles. The highest BCUT2D eigenvalue weighted by Crippen LogP contribution is 2.45. The van der Waals surface area contributed by atoms with Crippen LogP contribution in [-0.4, -0.2) is 96.7 Å². The summed E-state index contributed by atoms with van der Waals surface area (Å²) in [5, 5.41) is 10.6. The van der Waals surface area contributed by atoms with E-state index in [-0.39, 0.29) is 25.7 Å². The van der Waals surface area contributed by atoms with Crippen molar-refractivity contribution < 1.29 is 80.2 Å². The molecule has 0 radical (unpaired) electrons. The first-order chi connectivity index (χ1) is 43.1. The van der Waals surface area contributed by atoms with Gasteiger partial charge in [-0.1, -0.05) is 299 Å². The first-order valence-electron chi connectivity index (χ1n) is 36.7. The normalized spacial score (nSPS) is 14.6. The number of aliphatic hydroxyl groups excluding tert-OH is 1. The highest BCUT2D eigenvalue weighted by atomic mass is 31.2. The Labute approximate surface area is 549 Å². The molecule has 17 nitrogen and oxygen atoms in total. The van der Waals surface area contributed by atoms with Crippen LogP contribution in [0.3, 0.4) is 0 Å². The molecule has 90 heavy (non-hydrogen) atoms. The number of rotatable bonds is 68. The number of phosphoric acid groups is 2. The van der Waals surface area contributed by atoms with Crippen LogP contribution >= 0.6 is 15.6 Å². The first-order valence-corrected chi connectivity index (χ1v) is 39.7. The highest BCUT2D eigenvalue weighted by Gasteiger charge is 2.30. The largest absolute Gasteiger partial charge is 0.472 e. The minimum atomic E-state index is -4.95. The van der Waals surface area contributed by atoms with Crippen molar-refractivity contribution in [2.45, 2.75) is 369 Å². The summed E-state index contributed by atoms with van der Waals surface area (Å²) in [6, 6.07) is 0. The maximum absolute atomic E-state index is 13.0. The van der Waals surface area contributed by atoms with Crippen molar-refractivity contribution in [3.8, 4) is 0 Å². The molecule has 0 aliphatic carbocycles. The number of carbonyl (C=O) groups is 4. The summed E-state index contributed by atoms with van der Waals surface area (Å²) in [5.74, 6) is 0.790. The van der Waals surface area contributed by atoms with Gasteiger partial charge in [-0.15, -0.1) is 0 Å².